The Morgan fingerprint density at radius 2 is 1.27 bits per heavy atom. The average Bonchev–Trinajstić information content (AvgIpc) is 3.56. The standard InChI is InChI=1S/C9H13NO.C7H9NO.C6H7NO.C5H8N2.C4H6N2/c1-7(2)10-6-8(3)4-5-9(10)11;1-6-3-4-7(9)8(2)5-6;1-5-2-3-6(8)7-4-5;1-5-3-6-7(2)4-5;1-4-2-5-6-3-4/h4-7H,1-3H3;3-5H,1-2H3;2-4H,1H3,(H,7,8);3-4H,1-2H3;2-3H,1H3,(H,5,6). The number of pyridine rings is 3. The first-order chi connectivity index (χ1) is 19.3. The predicted molar refractivity (Wildman–Crippen MR) is 165 cm³/mol. The summed E-state index contributed by atoms with van der Waals surface area (Å²) in [7, 11) is 3.66. The molecule has 5 aromatic heterocycles. The zero-order valence-electron chi connectivity index (χ0n) is 25.5. The highest BCUT2D eigenvalue weighted by atomic mass is 16.1. The number of aromatic amines is 2. The van der Waals surface area contributed by atoms with Crippen molar-refractivity contribution in [2.24, 2.45) is 14.1 Å². The van der Waals surface area contributed by atoms with E-state index in [4.69, 9.17) is 0 Å². The SMILES string of the molecule is Cc1ccc(=O)[nH]c1.Cc1ccc(=O)n(C(C)C)c1.Cc1ccc(=O)n(C)c1.Cc1cn[nH]c1.Cc1cnn(C)c1. The summed E-state index contributed by atoms with van der Waals surface area (Å²) >= 11 is 0. The average molecular weight is 562 g/mol. The summed E-state index contributed by atoms with van der Waals surface area (Å²) in [6, 6.07) is 10.4. The third kappa shape index (κ3) is 14.9. The molecule has 0 unspecified atom stereocenters. The van der Waals surface area contributed by atoms with E-state index in [1.165, 1.54) is 17.2 Å². The smallest absolute Gasteiger partial charge is 0.250 e. The first-order valence-electron chi connectivity index (χ1n) is 13.2. The Labute approximate surface area is 241 Å². The second-order valence-corrected chi connectivity index (χ2v) is 9.90. The van der Waals surface area contributed by atoms with Crippen LogP contribution < -0.4 is 16.7 Å². The lowest BCUT2D eigenvalue weighted by atomic mass is 10.3. The number of nitrogens with one attached hydrogen (secondary N) is 2. The van der Waals surface area contributed by atoms with Crippen LogP contribution in [0.3, 0.4) is 0 Å². The zero-order valence-corrected chi connectivity index (χ0v) is 25.5. The van der Waals surface area contributed by atoms with Gasteiger partial charge in [-0.05, 0) is 76.3 Å². The summed E-state index contributed by atoms with van der Waals surface area (Å²) < 4.78 is 5.08. The van der Waals surface area contributed by atoms with Crippen molar-refractivity contribution in [3.63, 3.8) is 0 Å². The Balaban J connectivity index is 0.000000260. The van der Waals surface area contributed by atoms with Crippen molar-refractivity contribution in [1.29, 1.82) is 0 Å². The molecular weight excluding hydrogens is 518 g/mol. The van der Waals surface area contributed by atoms with E-state index in [0.29, 0.717) is 0 Å². The van der Waals surface area contributed by atoms with E-state index in [-0.39, 0.29) is 22.7 Å². The normalized spacial score (nSPS) is 9.61. The van der Waals surface area contributed by atoms with Crippen LogP contribution in [0.4, 0.5) is 0 Å². The van der Waals surface area contributed by atoms with E-state index >= 15 is 0 Å². The summed E-state index contributed by atoms with van der Waals surface area (Å²) in [6.45, 7) is 13.9. The van der Waals surface area contributed by atoms with Crippen molar-refractivity contribution in [2.75, 3.05) is 0 Å². The van der Waals surface area contributed by atoms with E-state index in [0.717, 1.165) is 16.7 Å². The molecule has 0 saturated heterocycles. The van der Waals surface area contributed by atoms with Crippen molar-refractivity contribution in [2.45, 2.75) is 54.5 Å². The van der Waals surface area contributed by atoms with Crippen molar-refractivity contribution in [3.8, 4) is 0 Å². The highest BCUT2D eigenvalue weighted by Crippen LogP contribution is 2.01. The number of hydrogen-bond acceptors (Lipinski definition) is 5. The second kappa shape index (κ2) is 17.8. The van der Waals surface area contributed by atoms with Crippen LogP contribution >= 0.6 is 0 Å². The summed E-state index contributed by atoms with van der Waals surface area (Å²) in [5.74, 6) is 0. The van der Waals surface area contributed by atoms with Crippen LogP contribution in [0.15, 0.2) is 94.2 Å². The molecule has 0 amide bonds. The van der Waals surface area contributed by atoms with Gasteiger partial charge in [0.25, 0.3) is 5.56 Å². The fraction of sp³-hybridized carbons (Fsp3) is 0.323. The van der Waals surface area contributed by atoms with Crippen LogP contribution in [-0.2, 0) is 14.1 Å². The summed E-state index contributed by atoms with van der Waals surface area (Å²) in [5.41, 5.74) is 5.76. The van der Waals surface area contributed by atoms with Gasteiger partial charge in [-0.15, -0.1) is 0 Å². The lowest BCUT2D eigenvalue weighted by Crippen LogP contribution is -2.20. The predicted octanol–water partition coefficient (Wildman–Crippen LogP) is 4.56. The molecule has 0 atom stereocenters. The monoisotopic (exact) mass is 561 g/mol. The van der Waals surface area contributed by atoms with Crippen LogP contribution in [0.25, 0.3) is 0 Å². The zero-order chi connectivity index (χ0) is 30.9. The molecule has 0 aliphatic rings. The van der Waals surface area contributed by atoms with Gasteiger partial charge in [-0.2, -0.15) is 10.2 Å². The fourth-order valence-electron chi connectivity index (χ4n) is 3.10. The Kier molecular flexibility index (Phi) is 14.9. The van der Waals surface area contributed by atoms with Crippen LogP contribution in [0.5, 0.6) is 0 Å². The number of aryl methyl sites for hydroxylation is 7. The Bertz CT molecular complexity index is 1570. The summed E-state index contributed by atoms with van der Waals surface area (Å²) in [6.07, 6.45) is 12.8. The molecule has 5 aromatic rings. The molecule has 5 rings (SSSR count). The molecule has 10 nitrogen and oxygen atoms in total. The van der Waals surface area contributed by atoms with Crippen molar-refractivity contribution in [3.05, 3.63) is 139 Å². The van der Waals surface area contributed by atoms with E-state index in [1.54, 1.807) is 51.5 Å². The van der Waals surface area contributed by atoms with Crippen molar-refractivity contribution < 1.29 is 0 Å². The van der Waals surface area contributed by atoms with Crippen LogP contribution in [0, 0.1) is 34.6 Å². The van der Waals surface area contributed by atoms with E-state index in [2.05, 4.69) is 20.3 Å². The van der Waals surface area contributed by atoms with Gasteiger partial charge in [-0.1, -0.05) is 18.2 Å². The third-order valence-corrected chi connectivity index (χ3v) is 5.28. The first kappa shape index (κ1) is 34.3. The van der Waals surface area contributed by atoms with Gasteiger partial charge in [0, 0.05) is 69.3 Å². The molecule has 0 spiro atoms. The maximum Gasteiger partial charge on any atom is 0.250 e. The summed E-state index contributed by atoms with van der Waals surface area (Å²) in [5, 5.41) is 10.3. The van der Waals surface area contributed by atoms with Crippen LogP contribution in [0.1, 0.15) is 47.7 Å². The number of nitrogens with zero attached hydrogens (tertiary/aromatic N) is 5. The first-order valence-corrected chi connectivity index (χ1v) is 13.2. The minimum Gasteiger partial charge on any atom is -0.329 e. The molecule has 2 N–H and O–H groups in total. The van der Waals surface area contributed by atoms with Gasteiger partial charge in [0.2, 0.25) is 11.1 Å². The van der Waals surface area contributed by atoms with Crippen molar-refractivity contribution in [1.82, 2.24) is 34.1 Å². The van der Waals surface area contributed by atoms with E-state index < -0.39 is 0 Å². The lowest BCUT2D eigenvalue weighted by Gasteiger charge is -2.09. The molecular formula is C31H43N7O3. The van der Waals surface area contributed by atoms with Gasteiger partial charge in [0.05, 0.1) is 12.4 Å². The Morgan fingerprint density at radius 1 is 0.659 bits per heavy atom. The molecule has 10 heteroatoms. The Hall–Kier alpha value is -4.73. The van der Waals surface area contributed by atoms with E-state index in [1.807, 2.05) is 98.6 Å². The van der Waals surface area contributed by atoms with Crippen molar-refractivity contribution >= 4 is 0 Å². The molecule has 5 heterocycles. The quantitative estimate of drug-likeness (QED) is 0.311. The minimum atomic E-state index is -0.0457. The minimum absolute atomic E-state index is 0.0422. The number of H-pyrrole nitrogens is 2. The van der Waals surface area contributed by atoms with E-state index in [9.17, 15) is 14.4 Å². The van der Waals surface area contributed by atoms with Gasteiger partial charge < -0.3 is 14.1 Å². The number of rotatable bonds is 1. The summed E-state index contributed by atoms with van der Waals surface area (Å²) in [4.78, 5) is 34.8. The topological polar surface area (TPSA) is 123 Å². The molecule has 0 fully saturated rings. The molecule has 0 radical (unpaired) electrons. The van der Waals surface area contributed by atoms with Gasteiger partial charge >= 0.3 is 0 Å². The lowest BCUT2D eigenvalue weighted by molar-refractivity contribution is 0.576. The Morgan fingerprint density at radius 3 is 1.59 bits per heavy atom. The van der Waals surface area contributed by atoms with Gasteiger partial charge in [-0.3, -0.25) is 24.2 Å². The molecule has 0 saturated carbocycles. The maximum absolute atomic E-state index is 11.2. The highest BCUT2D eigenvalue weighted by molar-refractivity contribution is 5.08. The fourth-order valence-corrected chi connectivity index (χ4v) is 3.10. The van der Waals surface area contributed by atoms with Crippen LogP contribution in [-0.4, -0.2) is 34.1 Å². The molecule has 0 bridgehead atoms. The number of hydrogen-bond donors (Lipinski definition) is 2. The van der Waals surface area contributed by atoms with Gasteiger partial charge in [-0.25, -0.2) is 0 Å². The van der Waals surface area contributed by atoms with Gasteiger partial charge in [0.15, 0.2) is 0 Å². The largest absolute Gasteiger partial charge is 0.329 e. The second-order valence-electron chi connectivity index (χ2n) is 9.90. The highest BCUT2D eigenvalue weighted by Gasteiger charge is 1.98. The third-order valence-electron chi connectivity index (χ3n) is 5.28. The maximum atomic E-state index is 11.2. The molecule has 0 aromatic carbocycles. The van der Waals surface area contributed by atoms with Crippen LogP contribution in [0.2, 0.25) is 0 Å². The molecule has 0 aliphatic carbocycles. The molecule has 0 aliphatic heterocycles. The number of aromatic nitrogens is 7. The molecule has 220 valence electrons. The van der Waals surface area contributed by atoms with Gasteiger partial charge in [0.1, 0.15) is 0 Å². The molecule has 41 heavy (non-hydrogen) atoms.